The number of benzene rings is 1. The first-order valence-corrected chi connectivity index (χ1v) is 9.12. The van der Waals surface area contributed by atoms with Gasteiger partial charge in [0, 0.05) is 15.8 Å². The summed E-state index contributed by atoms with van der Waals surface area (Å²) in [4.78, 5) is 2.96. The lowest BCUT2D eigenvalue weighted by atomic mass is 10.1. The van der Waals surface area contributed by atoms with E-state index in [1.165, 1.54) is 47.4 Å². The Morgan fingerprint density at radius 3 is 2.81 bits per heavy atom. The summed E-state index contributed by atoms with van der Waals surface area (Å²) in [5.41, 5.74) is 4.56. The molecule has 1 atom stereocenters. The van der Waals surface area contributed by atoms with Crippen LogP contribution in [0.15, 0.2) is 30.3 Å². The molecule has 1 N–H and O–H groups in total. The minimum atomic E-state index is 0.586. The van der Waals surface area contributed by atoms with Gasteiger partial charge in [-0.2, -0.15) is 0 Å². The van der Waals surface area contributed by atoms with Gasteiger partial charge < -0.3 is 5.32 Å². The van der Waals surface area contributed by atoms with Gasteiger partial charge in [0.25, 0.3) is 0 Å². The van der Waals surface area contributed by atoms with Crippen LogP contribution in [0.25, 0.3) is 10.4 Å². The van der Waals surface area contributed by atoms with E-state index in [1.54, 1.807) is 11.1 Å². The van der Waals surface area contributed by atoms with Crippen molar-refractivity contribution in [2.24, 2.45) is 5.92 Å². The molecular weight excluding hydrogens is 274 g/mol. The second-order valence-corrected chi connectivity index (χ2v) is 7.53. The average molecular weight is 297 g/mol. The first-order chi connectivity index (χ1) is 10.3. The second-order valence-electron chi connectivity index (χ2n) is 6.41. The van der Waals surface area contributed by atoms with Crippen molar-refractivity contribution >= 4 is 11.3 Å². The van der Waals surface area contributed by atoms with Crippen molar-refractivity contribution in [1.82, 2.24) is 5.32 Å². The Morgan fingerprint density at radius 1 is 1.14 bits per heavy atom. The molecule has 1 saturated carbocycles. The van der Waals surface area contributed by atoms with E-state index in [0.29, 0.717) is 6.04 Å². The molecule has 1 fully saturated rings. The van der Waals surface area contributed by atoms with Crippen LogP contribution < -0.4 is 5.32 Å². The normalized spacial score (nSPS) is 18.7. The van der Waals surface area contributed by atoms with Gasteiger partial charge in [0.05, 0.1) is 0 Å². The van der Waals surface area contributed by atoms with Crippen LogP contribution >= 0.6 is 11.3 Å². The van der Waals surface area contributed by atoms with Gasteiger partial charge >= 0.3 is 0 Å². The van der Waals surface area contributed by atoms with Crippen LogP contribution in [0, 0.1) is 5.92 Å². The maximum absolute atomic E-state index is 3.68. The predicted molar refractivity (Wildman–Crippen MR) is 90.9 cm³/mol. The van der Waals surface area contributed by atoms with Gasteiger partial charge in [-0.15, -0.1) is 11.3 Å². The Bertz CT molecular complexity index is 639. The molecule has 0 saturated heterocycles. The van der Waals surface area contributed by atoms with Gasteiger partial charge in [-0.25, -0.2) is 0 Å². The fourth-order valence-electron chi connectivity index (χ4n) is 3.55. The van der Waals surface area contributed by atoms with Crippen molar-refractivity contribution in [2.75, 3.05) is 6.54 Å². The van der Waals surface area contributed by atoms with Gasteiger partial charge in [0.2, 0.25) is 0 Å². The van der Waals surface area contributed by atoms with Crippen LogP contribution in [-0.2, 0) is 12.8 Å². The summed E-state index contributed by atoms with van der Waals surface area (Å²) in [6.07, 6.45) is 6.66. The molecule has 1 heterocycles. The Balaban J connectivity index is 1.61. The summed E-state index contributed by atoms with van der Waals surface area (Å²) < 4.78 is 0. The minimum Gasteiger partial charge on any atom is -0.309 e. The predicted octanol–water partition coefficient (Wildman–Crippen LogP) is 4.96. The molecule has 1 aromatic carbocycles. The van der Waals surface area contributed by atoms with E-state index in [-0.39, 0.29) is 0 Å². The highest BCUT2D eigenvalue weighted by Crippen LogP contribution is 2.44. The van der Waals surface area contributed by atoms with Gasteiger partial charge in [0.15, 0.2) is 0 Å². The molecule has 2 aliphatic rings. The molecule has 2 aromatic rings. The quantitative estimate of drug-likeness (QED) is 0.822. The van der Waals surface area contributed by atoms with Crippen molar-refractivity contribution < 1.29 is 0 Å². The van der Waals surface area contributed by atoms with E-state index >= 15 is 0 Å². The zero-order valence-electron chi connectivity index (χ0n) is 12.7. The molecule has 0 aliphatic heterocycles. The average Bonchev–Trinajstić information content (AvgIpc) is 3.03. The molecule has 0 amide bonds. The highest BCUT2D eigenvalue weighted by atomic mass is 32.1. The highest BCUT2D eigenvalue weighted by Gasteiger charge is 2.32. The number of hydrogen-bond donors (Lipinski definition) is 1. The molecule has 1 aromatic heterocycles. The van der Waals surface area contributed by atoms with Crippen molar-refractivity contribution in [3.8, 4) is 10.4 Å². The summed E-state index contributed by atoms with van der Waals surface area (Å²) in [6, 6.07) is 12.3. The van der Waals surface area contributed by atoms with Crippen LogP contribution in [0.3, 0.4) is 0 Å². The number of thiophene rings is 1. The Kier molecular flexibility index (Phi) is 3.60. The van der Waals surface area contributed by atoms with Crippen LogP contribution in [0.5, 0.6) is 0 Å². The zero-order valence-corrected chi connectivity index (χ0v) is 13.5. The van der Waals surface area contributed by atoms with E-state index in [2.05, 4.69) is 42.6 Å². The molecule has 1 unspecified atom stereocenters. The topological polar surface area (TPSA) is 12.0 Å². The molecule has 0 radical (unpaired) electrons. The number of fused-ring (bicyclic) bond motifs is 1. The molecule has 21 heavy (non-hydrogen) atoms. The van der Waals surface area contributed by atoms with E-state index < -0.39 is 0 Å². The molecule has 0 bridgehead atoms. The van der Waals surface area contributed by atoms with Crippen molar-refractivity contribution in [1.29, 1.82) is 0 Å². The molecule has 2 aliphatic carbocycles. The third-order valence-electron chi connectivity index (χ3n) is 4.83. The number of nitrogens with one attached hydrogen (secondary N) is 1. The smallest absolute Gasteiger partial charge is 0.0443 e. The van der Waals surface area contributed by atoms with Crippen molar-refractivity contribution in [3.05, 3.63) is 46.3 Å². The van der Waals surface area contributed by atoms with Gasteiger partial charge in [-0.3, -0.25) is 0 Å². The number of aryl methyl sites for hydroxylation is 2. The molecular formula is C19H23NS. The van der Waals surface area contributed by atoms with E-state index in [4.69, 9.17) is 0 Å². The Morgan fingerprint density at radius 2 is 2.00 bits per heavy atom. The van der Waals surface area contributed by atoms with Crippen LogP contribution in [0.4, 0.5) is 0 Å². The number of hydrogen-bond acceptors (Lipinski definition) is 2. The summed E-state index contributed by atoms with van der Waals surface area (Å²) in [5, 5.41) is 3.68. The number of rotatable bonds is 5. The molecule has 0 spiro atoms. The minimum absolute atomic E-state index is 0.586. The molecule has 4 rings (SSSR count). The first kappa shape index (κ1) is 13.5. The lowest BCUT2D eigenvalue weighted by Crippen LogP contribution is -2.21. The fraction of sp³-hybridized carbons (Fsp3) is 0.474. The molecule has 1 nitrogen and oxygen atoms in total. The third-order valence-corrected chi connectivity index (χ3v) is 6.05. The van der Waals surface area contributed by atoms with Crippen molar-refractivity contribution in [3.63, 3.8) is 0 Å². The van der Waals surface area contributed by atoms with E-state index in [1.807, 2.05) is 11.3 Å². The van der Waals surface area contributed by atoms with E-state index in [9.17, 15) is 0 Å². The van der Waals surface area contributed by atoms with Gasteiger partial charge in [-0.05, 0) is 73.4 Å². The fourth-order valence-corrected chi connectivity index (χ4v) is 4.72. The van der Waals surface area contributed by atoms with Crippen LogP contribution in [0.2, 0.25) is 0 Å². The molecule has 2 heteroatoms. The second kappa shape index (κ2) is 5.58. The van der Waals surface area contributed by atoms with Crippen LogP contribution in [0.1, 0.15) is 48.2 Å². The van der Waals surface area contributed by atoms with Crippen LogP contribution in [-0.4, -0.2) is 6.54 Å². The monoisotopic (exact) mass is 297 g/mol. The van der Waals surface area contributed by atoms with Gasteiger partial charge in [0.1, 0.15) is 0 Å². The lowest BCUT2D eigenvalue weighted by molar-refractivity contribution is 0.504. The van der Waals surface area contributed by atoms with Gasteiger partial charge in [-0.1, -0.05) is 25.1 Å². The SMILES string of the molecule is CCNC(c1ccc(-c2ccc3c(c2)CCC3)s1)C1CC1. The maximum Gasteiger partial charge on any atom is 0.0443 e. The van der Waals surface area contributed by atoms with E-state index in [0.717, 1.165) is 12.5 Å². The largest absolute Gasteiger partial charge is 0.309 e. The summed E-state index contributed by atoms with van der Waals surface area (Å²) in [5.74, 6) is 0.872. The molecule has 110 valence electrons. The van der Waals surface area contributed by atoms with Crippen molar-refractivity contribution in [2.45, 2.75) is 45.1 Å². The summed E-state index contributed by atoms with van der Waals surface area (Å²) in [7, 11) is 0. The third kappa shape index (κ3) is 2.67. The zero-order chi connectivity index (χ0) is 14.2. The lowest BCUT2D eigenvalue weighted by Gasteiger charge is -2.15. The summed E-state index contributed by atoms with van der Waals surface area (Å²) >= 11 is 1.99. The maximum atomic E-state index is 3.68. The Hall–Kier alpha value is -1.12. The standard InChI is InChI=1S/C19H23NS/c1-2-20-19(14-7-8-14)18-11-10-17(21-18)16-9-6-13-4-3-5-15(13)12-16/h6,9-12,14,19-20H,2-5,7-8H2,1H3. The highest BCUT2D eigenvalue weighted by molar-refractivity contribution is 7.15. The first-order valence-electron chi connectivity index (χ1n) is 8.30. The summed E-state index contributed by atoms with van der Waals surface area (Å²) in [6.45, 7) is 3.28. The Labute approximate surface area is 131 Å².